The van der Waals surface area contributed by atoms with E-state index in [2.05, 4.69) is 10.2 Å². The van der Waals surface area contributed by atoms with E-state index >= 15 is 0 Å². The SMILES string of the molecule is CC(C)OCCCCNC(=O)NOCC(=O)O. The number of amides is 2. The average molecular weight is 248 g/mol. The van der Waals surface area contributed by atoms with Gasteiger partial charge in [-0.05, 0) is 26.7 Å². The van der Waals surface area contributed by atoms with Gasteiger partial charge >= 0.3 is 12.0 Å². The first-order chi connectivity index (χ1) is 8.02. The number of hydrogen-bond donors (Lipinski definition) is 3. The predicted octanol–water partition coefficient (Wildman–Crippen LogP) is 0.507. The number of carbonyl (C=O) groups excluding carboxylic acids is 1. The normalized spacial score (nSPS) is 10.3. The quantitative estimate of drug-likeness (QED) is 0.408. The first kappa shape index (κ1) is 15.7. The Hall–Kier alpha value is -1.34. The molecule has 0 saturated heterocycles. The Bertz CT molecular complexity index is 233. The molecule has 7 nitrogen and oxygen atoms in total. The maximum absolute atomic E-state index is 11.0. The van der Waals surface area contributed by atoms with Crippen LogP contribution in [0.15, 0.2) is 0 Å². The zero-order valence-corrected chi connectivity index (χ0v) is 10.2. The lowest BCUT2D eigenvalue weighted by atomic mass is 10.3. The number of carboxylic acid groups (broad SMARTS) is 1. The maximum Gasteiger partial charge on any atom is 0.338 e. The highest BCUT2D eigenvalue weighted by Crippen LogP contribution is 1.93. The minimum absolute atomic E-state index is 0.218. The summed E-state index contributed by atoms with van der Waals surface area (Å²) < 4.78 is 5.32. The topological polar surface area (TPSA) is 96.9 Å². The monoisotopic (exact) mass is 248 g/mol. The molecule has 7 heteroatoms. The molecule has 0 unspecified atom stereocenters. The molecule has 0 aromatic carbocycles. The average Bonchev–Trinajstić information content (AvgIpc) is 2.22. The van der Waals surface area contributed by atoms with Crippen molar-refractivity contribution in [3.63, 3.8) is 0 Å². The van der Waals surface area contributed by atoms with Crippen LogP contribution >= 0.6 is 0 Å². The number of hydroxylamine groups is 1. The van der Waals surface area contributed by atoms with E-state index in [1.54, 1.807) is 0 Å². The van der Waals surface area contributed by atoms with Gasteiger partial charge in [-0.1, -0.05) is 0 Å². The van der Waals surface area contributed by atoms with Crippen LogP contribution in [-0.4, -0.2) is 43.0 Å². The van der Waals surface area contributed by atoms with Crippen molar-refractivity contribution in [1.29, 1.82) is 0 Å². The van der Waals surface area contributed by atoms with Gasteiger partial charge in [0.2, 0.25) is 0 Å². The van der Waals surface area contributed by atoms with Gasteiger partial charge in [-0.2, -0.15) is 0 Å². The van der Waals surface area contributed by atoms with Gasteiger partial charge in [0.15, 0.2) is 6.61 Å². The summed E-state index contributed by atoms with van der Waals surface area (Å²) in [6.07, 6.45) is 1.86. The van der Waals surface area contributed by atoms with E-state index in [0.717, 1.165) is 12.8 Å². The summed E-state index contributed by atoms with van der Waals surface area (Å²) in [5.41, 5.74) is 1.96. The summed E-state index contributed by atoms with van der Waals surface area (Å²) in [6, 6.07) is -0.545. The third-order valence-electron chi connectivity index (χ3n) is 1.67. The number of nitrogens with one attached hydrogen (secondary N) is 2. The van der Waals surface area contributed by atoms with Crippen LogP contribution in [0.4, 0.5) is 4.79 Å². The minimum Gasteiger partial charge on any atom is -0.479 e. The van der Waals surface area contributed by atoms with Gasteiger partial charge in [0.1, 0.15) is 0 Å². The second-order valence-electron chi connectivity index (χ2n) is 3.67. The summed E-state index contributed by atoms with van der Waals surface area (Å²) >= 11 is 0. The van der Waals surface area contributed by atoms with Crippen molar-refractivity contribution in [1.82, 2.24) is 10.8 Å². The number of aliphatic carboxylic acids is 1. The first-order valence-electron chi connectivity index (χ1n) is 5.51. The van der Waals surface area contributed by atoms with Gasteiger partial charge in [-0.25, -0.2) is 15.1 Å². The van der Waals surface area contributed by atoms with E-state index < -0.39 is 18.6 Å². The van der Waals surface area contributed by atoms with Crippen molar-refractivity contribution < 1.29 is 24.3 Å². The van der Waals surface area contributed by atoms with Crippen LogP contribution in [0, 0.1) is 0 Å². The number of carbonyl (C=O) groups is 2. The van der Waals surface area contributed by atoms with Crippen LogP contribution in [0.25, 0.3) is 0 Å². The van der Waals surface area contributed by atoms with E-state index in [1.807, 2.05) is 19.3 Å². The highest BCUT2D eigenvalue weighted by molar-refractivity contribution is 5.73. The molecule has 0 rings (SSSR count). The Morgan fingerprint density at radius 1 is 1.29 bits per heavy atom. The lowest BCUT2D eigenvalue weighted by Gasteiger charge is -2.08. The number of hydrogen-bond acceptors (Lipinski definition) is 4. The van der Waals surface area contributed by atoms with E-state index in [9.17, 15) is 9.59 Å². The van der Waals surface area contributed by atoms with Gasteiger partial charge in [0.25, 0.3) is 0 Å². The molecular formula is C10H20N2O5. The lowest BCUT2D eigenvalue weighted by molar-refractivity contribution is -0.144. The molecule has 100 valence electrons. The zero-order chi connectivity index (χ0) is 13.1. The molecule has 0 spiro atoms. The Morgan fingerprint density at radius 3 is 2.59 bits per heavy atom. The molecule has 0 bridgehead atoms. The smallest absolute Gasteiger partial charge is 0.338 e. The molecular weight excluding hydrogens is 228 g/mol. The lowest BCUT2D eigenvalue weighted by Crippen LogP contribution is -2.37. The molecule has 0 radical (unpaired) electrons. The molecule has 0 aromatic rings. The van der Waals surface area contributed by atoms with Gasteiger partial charge in [0.05, 0.1) is 6.10 Å². The summed E-state index contributed by atoms with van der Waals surface area (Å²) in [5.74, 6) is -1.14. The summed E-state index contributed by atoms with van der Waals surface area (Å²) in [4.78, 5) is 25.4. The van der Waals surface area contributed by atoms with E-state index in [-0.39, 0.29) is 6.10 Å². The molecule has 0 saturated carbocycles. The van der Waals surface area contributed by atoms with Gasteiger partial charge in [0, 0.05) is 13.2 Å². The number of unbranched alkanes of at least 4 members (excludes halogenated alkanes) is 1. The number of carboxylic acids is 1. The Balaban J connectivity index is 3.25. The summed E-state index contributed by atoms with van der Waals surface area (Å²) in [7, 11) is 0. The maximum atomic E-state index is 11.0. The molecule has 0 aliphatic heterocycles. The third kappa shape index (κ3) is 12.6. The van der Waals surface area contributed by atoms with E-state index in [1.165, 1.54) is 0 Å². The molecule has 3 N–H and O–H groups in total. The molecule has 0 aromatic heterocycles. The van der Waals surface area contributed by atoms with Crippen LogP contribution in [0.5, 0.6) is 0 Å². The van der Waals surface area contributed by atoms with Gasteiger partial charge in [-0.3, -0.25) is 4.84 Å². The van der Waals surface area contributed by atoms with Gasteiger partial charge < -0.3 is 15.2 Å². The molecule has 2 amide bonds. The molecule has 0 heterocycles. The molecule has 0 aliphatic rings. The number of ether oxygens (including phenoxy) is 1. The van der Waals surface area contributed by atoms with Crippen molar-refractivity contribution >= 4 is 12.0 Å². The minimum atomic E-state index is -1.14. The van der Waals surface area contributed by atoms with Crippen molar-refractivity contribution in [3.05, 3.63) is 0 Å². The summed E-state index contributed by atoms with van der Waals surface area (Å²) in [6.45, 7) is 4.52. The Labute approximate surface area is 100 Å². The van der Waals surface area contributed by atoms with Crippen molar-refractivity contribution in [2.24, 2.45) is 0 Å². The third-order valence-corrected chi connectivity index (χ3v) is 1.67. The second-order valence-corrected chi connectivity index (χ2v) is 3.67. The molecule has 0 fully saturated rings. The summed E-state index contributed by atoms with van der Waals surface area (Å²) in [5, 5.41) is 10.8. The van der Waals surface area contributed by atoms with Gasteiger partial charge in [-0.15, -0.1) is 0 Å². The predicted molar refractivity (Wildman–Crippen MR) is 60.4 cm³/mol. The van der Waals surface area contributed by atoms with Crippen LogP contribution in [0.1, 0.15) is 26.7 Å². The molecule has 0 aliphatic carbocycles. The fraction of sp³-hybridized carbons (Fsp3) is 0.800. The Morgan fingerprint density at radius 2 is 2.00 bits per heavy atom. The van der Waals surface area contributed by atoms with Crippen molar-refractivity contribution in [3.8, 4) is 0 Å². The number of urea groups is 1. The van der Waals surface area contributed by atoms with Crippen molar-refractivity contribution in [2.45, 2.75) is 32.8 Å². The molecule has 0 atom stereocenters. The van der Waals surface area contributed by atoms with Crippen LogP contribution in [0.3, 0.4) is 0 Å². The second kappa shape index (κ2) is 9.86. The first-order valence-corrected chi connectivity index (χ1v) is 5.51. The van der Waals surface area contributed by atoms with Crippen LogP contribution in [0.2, 0.25) is 0 Å². The highest BCUT2D eigenvalue weighted by atomic mass is 16.7. The highest BCUT2D eigenvalue weighted by Gasteiger charge is 2.01. The Kier molecular flexibility index (Phi) is 9.08. The van der Waals surface area contributed by atoms with Crippen LogP contribution < -0.4 is 10.8 Å². The van der Waals surface area contributed by atoms with E-state index in [0.29, 0.717) is 13.2 Å². The zero-order valence-electron chi connectivity index (χ0n) is 10.2. The largest absolute Gasteiger partial charge is 0.479 e. The standard InChI is InChI=1S/C10H20N2O5/c1-8(2)16-6-4-3-5-11-10(15)12-17-7-9(13)14/h8H,3-7H2,1-2H3,(H,13,14)(H2,11,12,15). The van der Waals surface area contributed by atoms with Crippen LogP contribution in [-0.2, 0) is 14.4 Å². The molecule has 17 heavy (non-hydrogen) atoms. The van der Waals surface area contributed by atoms with Crippen molar-refractivity contribution in [2.75, 3.05) is 19.8 Å². The fourth-order valence-corrected chi connectivity index (χ4v) is 0.947. The fourth-order valence-electron chi connectivity index (χ4n) is 0.947. The van der Waals surface area contributed by atoms with E-state index in [4.69, 9.17) is 9.84 Å². The number of rotatable bonds is 9.